The van der Waals surface area contributed by atoms with Crippen molar-refractivity contribution in [3.05, 3.63) is 151 Å². The van der Waals surface area contributed by atoms with E-state index in [9.17, 15) is 0 Å². The van der Waals surface area contributed by atoms with Crippen LogP contribution in [-0.4, -0.2) is 3.21 Å². The van der Waals surface area contributed by atoms with Gasteiger partial charge in [-0.15, -0.1) is 0 Å². The summed E-state index contributed by atoms with van der Waals surface area (Å²) in [6.45, 7) is 9.19. The van der Waals surface area contributed by atoms with E-state index in [2.05, 4.69) is 131 Å². The standard InChI is InChI=1S/C15H13.C13H10.C9H13.2ClH.Zr/c1-10-3-5-14-12(7-10)9-13-8-11(2)4-6-15(13)14;1-3-7-12(8-4-1)11-13-9-5-2-6-10-13;1-3-8-6-5-7-9(8)4-2;;;/h3-9H,1-2H3;1-10H;6H,3-4,7H2,1-2H3;2*1H;/q;;;;;+2/p-2. The molecule has 0 nitrogen and oxygen atoms in total. The van der Waals surface area contributed by atoms with E-state index in [0.717, 1.165) is 19.3 Å². The van der Waals surface area contributed by atoms with Crippen molar-refractivity contribution >= 4 is 3.21 Å². The largest absolute Gasteiger partial charge is 1.00 e. The Kier molecular flexibility index (Phi) is 10.1. The summed E-state index contributed by atoms with van der Waals surface area (Å²) in [5.41, 5.74) is 14.8. The molecule has 0 spiro atoms. The van der Waals surface area contributed by atoms with Crippen LogP contribution in [0.15, 0.2) is 118 Å². The Labute approximate surface area is 260 Å². The van der Waals surface area contributed by atoms with Crippen LogP contribution in [0.5, 0.6) is 0 Å². The Morgan fingerprint density at radius 1 is 0.675 bits per heavy atom. The fourth-order valence-corrected chi connectivity index (χ4v) is 15.8. The molecule has 202 valence electrons. The zero-order valence-electron chi connectivity index (χ0n) is 23.8. The molecule has 0 N–H and O–H groups in total. The van der Waals surface area contributed by atoms with Gasteiger partial charge >= 0.3 is 237 Å². The zero-order chi connectivity index (χ0) is 26.2. The predicted molar refractivity (Wildman–Crippen MR) is 160 cm³/mol. The molecule has 0 unspecified atom stereocenters. The molecule has 0 saturated heterocycles. The number of fused-ring (bicyclic) bond motifs is 3. The van der Waals surface area contributed by atoms with Gasteiger partial charge < -0.3 is 24.8 Å². The van der Waals surface area contributed by atoms with Crippen LogP contribution in [0.2, 0.25) is 0 Å². The topological polar surface area (TPSA) is 0 Å². The van der Waals surface area contributed by atoms with Gasteiger partial charge in [-0.3, -0.25) is 0 Å². The van der Waals surface area contributed by atoms with E-state index in [1.165, 1.54) is 33.4 Å². The molecular formula is C37H36Cl2Zr. The first kappa shape index (κ1) is 30.6. The smallest absolute Gasteiger partial charge is 1.00 e. The van der Waals surface area contributed by atoms with E-state index in [4.69, 9.17) is 0 Å². The second-order valence-electron chi connectivity index (χ2n) is 10.8. The first-order valence-corrected chi connectivity index (χ1v) is 17.9. The SMILES string of the molecule is CCC1=C(CC)C[C]([Zr+2](=[C](c2ccccc2)c2ccccc2)[CH]2c3cc(C)ccc3-c3ccc(C)cc32)=C1.[Cl-].[Cl-]. The monoisotopic (exact) mass is 640 g/mol. The van der Waals surface area contributed by atoms with Crippen LogP contribution in [0.4, 0.5) is 0 Å². The van der Waals surface area contributed by atoms with Gasteiger partial charge in [0.15, 0.2) is 0 Å². The van der Waals surface area contributed by atoms with Gasteiger partial charge in [0.25, 0.3) is 0 Å². The second kappa shape index (κ2) is 13.1. The van der Waals surface area contributed by atoms with E-state index in [1.807, 2.05) is 0 Å². The van der Waals surface area contributed by atoms with Crippen LogP contribution >= 0.6 is 0 Å². The van der Waals surface area contributed by atoms with Crippen molar-refractivity contribution in [1.29, 1.82) is 0 Å². The Morgan fingerprint density at radius 2 is 1.18 bits per heavy atom. The number of hydrogen-bond donors (Lipinski definition) is 0. The maximum absolute atomic E-state index is 2.66. The number of benzene rings is 4. The van der Waals surface area contributed by atoms with Gasteiger partial charge in [-0.2, -0.15) is 0 Å². The van der Waals surface area contributed by atoms with E-state index in [0.29, 0.717) is 3.63 Å². The third-order valence-corrected chi connectivity index (χ3v) is 16.6. The Balaban J connectivity index is 0.00000185. The third-order valence-electron chi connectivity index (χ3n) is 8.37. The van der Waals surface area contributed by atoms with Crippen LogP contribution < -0.4 is 24.8 Å². The number of rotatable bonds is 6. The molecule has 0 fully saturated rings. The molecule has 2 aliphatic carbocycles. The maximum Gasteiger partial charge on any atom is -1.00 e. The van der Waals surface area contributed by atoms with Gasteiger partial charge in [0.2, 0.25) is 0 Å². The van der Waals surface area contributed by atoms with E-state index in [-0.39, 0.29) is 24.8 Å². The van der Waals surface area contributed by atoms with Gasteiger partial charge in [0.05, 0.1) is 0 Å². The molecule has 40 heavy (non-hydrogen) atoms. The molecule has 0 aromatic heterocycles. The molecule has 0 saturated carbocycles. The first-order valence-electron chi connectivity index (χ1n) is 14.1. The zero-order valence-corrected chi connectivity index (χ0v) is 27.7. The summed E-state index contributed by atoms with van der Waals surface area (Å²) in [5, 5.41) is 0. The fraction of sp³-hybridized carbons (Fsp3) is 0.216. The van der Waals surface area contributed by atoms with Crippen molar-refractivity contribution in [3.63, 3.8) is 0 Å². The summed E-state index contributed by atoms with van der Waals surface area (Å²) in [5.74, 6) is 0. The van der Waals surface area contributed by atoms with Gasteiger partial charge in [0, 0.05) is 0 Å². The van der Waals surface area contributed by atoms with E-state index in [1.54, 1.807) is 28.8 Å². The Bertz CT molecular complexity index is 1520. The van der Waals surface area contributed by atoms with Crippen LogP contribution in [0.3, 0.4) is 0 Å². The maximum atomic E-state index is 2.66. The molecule has 0 radical (unpaired) electrons. The molecule has 0 atom stereocenters. The minimum absolute atomic E-state index is 0. The van der Waals surface area contributed by atoms with Crippen molar-refractivity contribution in [2.24, 2.45) is 0 Å². The van der Waals surface area contributed by atoms with Crippen LogP contribution in [0.1, 0.15) is 70.1 Å². The first-order chi connectivity index (χ1) is 18.6. The molecule has 0 amide bonds. The van der Waals surface area contributed by atoms with Gasteiger partial charge in [-0.1, -0.05) is 0 Å². The summed E-state index contributed by atoms with van der Waals surface area (Å²) < 4.78 is 3.87. The summed E-state index contributed by atoms with van der Waals surface area (Å²) in [6.07, 6.45) is 6.10. The van der Waals surface area contributed by atoms with E-state index >= 15 is 0 Å². The van der Waals surface area contributed by atoms with Crippen LogP contribution in [0, 0.1) is 13.8 Å². The molecule has 4 aromatic carbocycles. The number of aryl methyl sites for hydroxylation is 2. The second-order valence-corrected chi connectivity index (χ2v) is 17.1. The van der Waals surface area contributed by atoms with E-state index < -0.39 is 21.3 Å². The number of allylic oxidation sites excluding steroid dienone is 4. The molecule has 0 heterocycles. The van der Waals surface area contributed by atoms with Crippen molar-refractivity contribution in [1.82, 2.24) is 0 Å². The van der Waals surface area contributed by atoms with Gasteiger partial charge in [-0.05, 0) is 0 Å². The predicted octanol–water partition coefficient (Wildman–Crippen LogP) is 3.67. The molecular weight excluding hydrogens is 607 g/mol. The minimum atomic E-state index is -2.64. The van der Waals surface area contributed by atoms with Gasteiger partial charge in [-0.25, -0.2) is 0 Å². The summed E-state index contributed by atoms with van der Waals surface area (Å²) in [7, 11) is 0. The minimum Gasteiger partial charge on any atom is -1.00 e. The molecule has 0 bridgehead atoms. The van der Waals surface area contributed by atoms with Crippen LogP contribution in [-0.2, 0) is 21.3 Å². The molecule has 2 aliphatic rings. The average Bonchev–Trinajstić information content (AvgIpc) is 3.50. The quantitative estimate of drug-likeness (QED) is 0.301. The molecule has 0 aliphatic heterocycles. The number of hydrogen-bond acceptors (Lipinski definition) is 0. The van der Waals surface area contributed by atoms with Crippen molar-refractivity contribution in [2.45, 2.75) is 50.6 Å². The van der Waals surface area contributed by atoms with Crippen molar-refractivity contribution < 1.29 is 46.1 Å². The third kappa shape index (κ3) is 5.59. The van der Waals surface area contributed by atoms with Crippen LogP contribution in [0.25, 0.3) is 11.1 Å². The fourth-order valence-electron chi connectivity index (χ4n) is 6.57. The molecule has 6 rings (SSSR count). The summed E-state index contributed by atoms with van der Waals surface area (Å²) in [6, 6.07) is 37.0. The Hall–Kier alpha value is -2.31. The molecule has 3 heteroatoms. The Morgan fingerprint density at radius 3 is 1.60 bits per heavy atom. The number of halogens is 2. The molecule has 4 aromatic rings. The summed E-state index contributed by atoms with van der Waals surface area (Å²) >= 11 is -2.64. The average molecular weight is 643 g/mol. The normalized spacial score (nSPS) is 13.4. The van der Waals surface area contributed by atoms with Crippen molar-refractivity contribution in [2.75, 3.05) is 0 Å². The van der Waals surface area contributed by atoms with Crippen molar-refractivity contribution in [3.8, 4) is 11.1 Å². The summed E-state index contributed by atoms with van der Waals surface area (Å²) in [4.78, 5) is 0. The van der Waals surface area contributed by atoms with Gasteiger partial charge in [0.1, 0.15) is 0 Å².